The molecule has 22 heavy (non-hydrogen) atoms. The molecule has 0 bridgehead atoms. The van der Waals surface area contributed by atoms with E-state index in [9.17, 15) is 0 Å². The van der Waals surface area contributed by atoms with Gasteiger partial charge in [-0.3, -0.25) is 0 Å². The molecular weight excluding hydrogens is 316 g/mol. The molecule has 1 aliphatic rings. The topological polar surface area (TPSA) is 56.7 Å². The molecule has 4 heterocycles. The molecule has 0 unspecified atom stereocenters. The van der Waals surface area contributed by atoms with Crippen LogP contribution in [0.5, 0.6) is 0 Å². The third-order valence-corrected chi connectivity index (χ3v) is 5.61. The molecule has 0 saturated carbocycles. The quantitative estimate of drug-likeness (QED) is 0.676. The summed E-state index contributed by atoms with van der Waals surface area (Å²) in [6.45, 7) is 1.04. The van der Waals surface area contributed by atoms with Crippen molar-refractivity contribution in [1.29, 1.82) is 0 Å². The summed E-state index contributed by atoms with van der Waals surface area (Å²) in [5.74, 6) is 2.78. The molecule has 3 aromatic rings. The predicted octanol–water partition coefficient (Wildman–Crippen LogP) is 4.01. The first-order chi connectivity index (χ1) is 10.9. The highest BCUT2D eigenvalue weighted by molar-refractivity contribution is 7.98. The number of aromatic nitrogens is 4. The Morgan fingerprint density at radius 2 is 2.27 bits per heavy atom. The lowest BCUT2D eigenvalue weighted by Crippen LogP contribution is -2.02. The van der Waals surface area contributed by atoms with E-state index in [2.05, 4.69) is 25.1 Å². The van der Waals surface area contributed by atoms with Crippen molar-refractivity contribution < 1.29 is 4.42 Å². The fourth-order valence-corrected chi connectivity index (χ4v) is 4.36. The van der Waals surface area contributed by atoms with Crippen molar-refractivity contribution in [3.05, 3.63) is 35.3 Å². The largest absolute Gasteiger partial charge is 0.462 e. The number of fused-ring (bicyclic) bond motifs is 1. The van der Waals surface area contributed by atoms with E-state index >= 15 is 0 Å². The van der Waals surface area contributed by atoms with Gasteiger partial charge in [-0.2, -0.15) is 0 Å². The van der Waals surface area contributed by atoms with Gasteiger partial charge < -0.3 is 8.98 Å². The summed E-state index contributed by atoms with van der Waals surface area (Å²) in [7, 11) is 0. The van der Waals surface area contributed by atoms with Gasteiger partial charge in [-0.05, 0) is 25.0 Å². The van der Waals surface area contributed by atoms with Gasteiger partial charge in [0.05, 0.1) is 12.0 Å². The van der Waals surface area contributed by atoms with Crippen LogP contribution in [0.3, 0.4) is 0 Å². The number of furan rings is 1. The predicted molar refractivity (Wildman–Crippen MR) is 87.0 cm³/mol. The second-order valence-electron chi connectivity index (χ2n) is 5.27. The van der Waals surface area contributed by atoms with E-state index < -0.39 is 0 Å². The molecule has 0 atom stereocenters. The van der Waals surface area contributed by atoms with E-state index in [0.717, 1.165) is 46.2 Å². The molecule has 0 fully saturated rings. The highest BCUT2D eigenvalue weighted by Gasteiger charge is 2.15. The second-order valence-corrected chi connectivity index (χ2v) is 7.07. The van der Waals surface area contributed by atoms with Crippen LogP contribution in [0.2, 0.25) is 0 Å². The standard InChI is InChI=1S/C15H16N4OS2/c1-2-6-13-17-18-15(19(13)7-3-1)22-10-11-9-21-14(16-11)12-5-4-8-20-12/h4-5,8-9H,1-3,6-7,10H2. The van der Waals surface area contributed by atoms with E-state index in [0.29, 0.717) is 0 Å². The second kappa shape index (κ2) is 6.26. The number of hydrogen-bond donors (Lipinski definition) is 0. The zero-order valence-electron chi connectivity index (χ0n) is 12.1. The van der Waals surface area contributed by atoms with Crippen LogP contribution in [0.4, 0.5) is 0 Å². The molecule has 0 saturated heterocycles. The smallest absolute Gasteiger partial charge is 0.191 e. The van der Waals surface area contributed by atoms with Crippen molar-refractivity contribution >= 4 is 23.1 Å². The Morgan fingerprint density at radius 3 is 3.18 bits per heavy atom. The van der Waals surface area contributed by atoms with Crippen LogP contribution in [0, 0.1) is 0 Å². The Morgan fingerprint density at radius 1 is 1.27 bits per heavy atom. The summed E-state index contributed by atoms with van der Waals surface area (Å²) in [5.41, 5.74) is 1.06. The third kappa shape index (κ3) is 2.83. The van der Waals surface area contributed by atoms with E-state index in [1.54, 1.807) is 29.4 Å². The minimum atomic E-state index is 0.815. The van der Waals surface area contributed by atoms with Gasteiger partial charge in [0.15, 0.2) is 15.9 Å². The normalized spacial score (nSPS) is 14.7. The number of thioether (sulfide) groups is 1. The lowest BCUT2D eigenvalue weighted by atomic mass is 10.2. The number of thiazole rings is 1. The van der Waals surface area contributed by atoms with Gasteiger partial charge in [0.2, 0.25) is 0 Å². The molecule has 114 valence electrons. The molecular formula is C15H16N4OS2. The molecule has 3 aromatic heterocycles. The number of nitrogens with zero attached hydrogens (tertiary/aromatic N) is 4. The Kier molecular flexibility index (Phi) is 3.99. The van der Waals surface area contributed by atoms with E-state index in [-0.39, 0.29) is 0 Å². The summed E-state index contributed by atoms with van der Waals surface area (Å²) in [5, 5.41) is 12.7. The first-order valence-corrected chi connectivity index (χ1v) is 9.30. The molecule has 0 radical (unpaired) electrons. The van der Waals surface area contributed by atoms with Crippen molar-refractivity contribution in [2.24, 2.45) is 0 Å². The van der Waals surface area contributed by atoms with Crippen LogP contribution in [-0.4, -0.2) is 19.7 Å². The maximum atomic E-state index is 5.39. The summed E-state index contributed by atoms with van der Waals surface area (Å²) in [4.78, 5) is 4.63. The summed E-state index contributed by atoms with van der Waals surface area (Å²) < 4.78 is 7.66. The van der Waals surface area contributed by atoms with Gasteiger partial charge >= 0.3 is 0 Å². The lowest BCUT2D eigenvalue weighted by molar-refractivity contribution is 0.581. The molecule has 5 nitrogen and oxygen atoms in total. The lowest BCUT2D eigenvalue weighted by Gasteiger charge is -2.05. The van der Waals surface area contributed by atoms with Crippen molar-refractivity contribution in [3.63, 3.8) is 0 Å². The van der Waals surface area contributed by atoms with Crippen LogP contribution in [0.1, 0.15) is 30.8 Å². The molecule has 0 spiro atoms. The van der Waals surface area contributed by atoms with Gasteiger partial charge in [-0.15, -0.1) is 21.5 Å². The SMILES string of the molecule is c1coc(-c2nc(CSc3nnc4n3CCCCC4)cs2)c1. The zero-order chi connectivity index (χ0) is 14.8. The van der Waals surface area contributed by atoms with Gasteiger partial charge in [0.1, 0.15) is 5.82 Å². The summed E-state index contributed by atoms with van der Waals surface area (Å²) in [6.07, 6.45) is 6.45. The van der Waals surface area contributed by atoms with Crippen molar-refractivity contribution in [1.82, 2.24) is 19.7 Å². The fraction of sp³-hybridized carbons (Fsp3) is 0.400. The van der Waals surface area contributed by atoms with Crippen LogP contribution in [0.15, 0.2) is 33.3 Å². The van der Waals surface area contributed by atoms with Gasteiger partial charge in [-0.1, -0.05) is 18.2 Å². The Labute approximate surface area is 136 Å². The van der Waals surface area contributed by atoms with Gasteiger partial charge in [-0.25, -0.2) is 4.98 Å². The molecule has 0 N–H and O–H groups in total. The maximum absolute atomic E-state index is 5.39. The summed E-state index contributed by atoms with van der Waals surface area (Å²) in [6, 6.07) is 3.82. The van der Waals surface area contributed by atoms with Crippen LogP contribution < -0.4 is 0 Å². The van der Waals surface area contributed by atoms with Gasteiger partial charge in [0, 0.05) is 24.1 Å². The fourth-order valence-electron chi connectivity index (χ4n) is 2.59. The van der Waals surface area contributed by atoms with Crippen LogP contribution in [0.25, 0.3) is 10.8 Å². The van der Waals surface area contributed by atoms with Crippen LogP contribution >= 0.6 is 23.1 Å². The van der Waals surface area contributed by atoms with E-state index in [4.69, 9.17) is 4.42 Å². The summed E-state index contributed by atoms with van der Waals surface area (Å²) >= 11 is 3.33. The molecule has 0 aromatic carbocycles. The average molecular weight is 332 g/mol. The average Bonchev–Trinajstić information content (AvgIpc) is 3.24. The first-order valence-electron chi connectivity index (χ1n) is 7.43. The highest BCUT2D eigenvalue weighted by Crippen LogP contribution is 2.28. The first kappa shape index (κ1) is 14.0. The van der Waals surface area contributed by atoms with E-state index in [1.807, 2.05) is 12.1 Å². The highest BCUT2D eigenvalue weighted by atomic mass is 32.2. The number of rotatable bonds is 4. The number of hydrogen-bond acceptors (Lipinski definition) is 6. The van der Waals surface area contributed by atoms with E-state index in [1.165, 1.54) is 19.3 Å². The molecule has 0 aliphatic carbocycles. The minimum absolute atomic E-state index is 0.815. The third-order valence-electron chi connectivity index (χ3n) is 3.71. The molecule has 1 aliphatic heterocycles. The minimum Gasteiger partial charge on any atom is -0.462 e. The number of aryl methyl sites for hydroxylation is 1. The van der Waals surface area contributed by atoms with Crippen molar-refractivity contribution in [2.75, 3.05) is 0 Å². The van der Waals surface area contributed by atoms with Crippen molar-refractivity contribution in [2.45, 2.75) is 43.1 Å². The molecule has 7 heteroatoms. The molecule has 4 rings (SSSR count). The Hall–Kier alpha value is -1.60. The maximum Gasteiger partial charge on any atom is 0.191 e. The Balaban J connectivity index is 1.46. The zero-order valence-corrected chi connectivity index (χ0v) is 13.7. The molecule has 0 amide bonds. The van der Waals surface area contributed by atoms with Crippen molar-refractivity contribution in [3.8, 4) is 10.8 Å². The van der Waals surface area contributed by atoms with Gasteiger partial charge in [0.25, 0.3) is 0 Å². The van der Waals surface area contributed by atoms with Crippen LogP contribution in [-0.2, 0) is 18.7 Å². The monoisotopic (exact) mass is 332 g/mol. The Bertz CT molecular complexity index is 748.